The first-order valence-corrected chi connectivity index (χ1v) is 6.62. The molecular formula is C15H19F3O2. The first-order valence-electron chi connectivity index (χ1n) is 6.62. The summed E-state index contributed by atoms with van der Waals surface area (Å²) in [5.41, 5.74) is -0.745. The lowest BCUT2D eigenvalue weighted by atomic mass is 9.81. The highest BCUT2D eigenvalue weighted by Crippen LogP contribution is 2.45. The van der Waals surface area contributed by atoms with Gasteiger partial charge in [-0.2, -0.15) is 13.2 Å². The Hall–Kier alpha value is -1.23. The Bertz CT molecular complexity index is 480. The van der Waals surface area contributed by atoms with Crippen molar-refractivity contribution in [2.45, 2.75) is 44.4 Å². The Morgan fingerprint density at radius 1 is 1.30 bits per heavy atom. The lowest BCUT2D eigenvalue weighted by Gasteiger charge is -2.37. The van der Waals surface area contributed by atoms with Crippen LogP contribution in [0.1, 0.15) is 43.7 Å². The van der Waals surface area contributed by atoms with Crippen molar-refractivity contribution in [2.75, 3.05) is 13.7 Å². The molecule has 1 aromatic rings. The van der Waals surface area contributed by atoms with Crippen LogP contribution in [0.25, 0.3) is 0 Å². The zero-order chi connectivity index (χ0) is 15.0. The molecule has 0 unspecified atom stereocenters. The van der Waals surface area contributed by atoms with E-state index in [0.717, 1.165) is 6.07 Å². The van der Waals surface area contributed by atoms with Crippen LogP contribution in [0.3, 0.4) is 0 Å². The first kappa shape index (κ1) is 15.2. The van der Waals surface area contributed by atoms with Crippen LogP contribution in [0.4, 0.5) is 13.2 Å². The maximum Gasteiger partial charge on any atom is 0.416 e. The summed E-state index contributed by atoms with van der Waals surface area (Å²) in [7, 11) is 1.41. The van der Waals surface area contributed by atoms with E-state index in [-0.39, 0.29) is 11.5 Å². The molecule has 1 atom stereocenters. The summed E-state index contributed by atoms with van der Waals surface area (Å²) < 4.78 is 50.4. The number of hydrogen-bond acceptors (Lipinski definition) is 2. The van der Waals surface area contributed by atoms with Crippen LogP contribution in [-0.2, 0) is 10.9 Å². The van der Waals surface area contributed by atoms with Crippen molar-refractivity contribution < 1.29 is 22.6 Å². The van der Waals surface area contributed by atoms with Crippen LogP contribution in [0.5, 0.6) is 5.75 Å². The second-order valence-corrected chi connectivity index (χ2v) is 5.72. The summed E-state index contributed by atoms with van der Waals surface area (Å²) in [6.45, 7) is 4.27. The summed E-state index contributed by atoms with van der Waals surface area (Å²) in [4.78, 5) is 0. The number of methoxy groups -OCH3 is 1. The minimum Gasteiger partial charge on any atom is -0.496 e. The van der Waals surface area contributed by atoms with Gasteiger partial charge >= 0.3 is 6.18 Å². The average molecular weight is 288 g/mol. The number of ether oxygens (including phenoxy) is 2. The summed E-state index contributed by atoms with van der Waals surface area (Å²) in [5, 5.41) is 0. The summed E-state index contributed by atoms with van der Waals surface area (Å²) in [5.74, 6) is 0.106. The smallest absolute Gasteiger partial charge is 0.416 e. The van der Waals surface area contributed by atoms with E-state index >= 15 is 0 Å². The molecule has 2 rings (SSSR count). The van der Waals surface area contributed by atoms with Gasteiger partial charge in [-0.3, -0.25) is 0 Å². The average Bonchev–Trinajstić information content (AvgIpc) is 2.35. The highest BCUT2D eigenvalue weighted by molar-refractivity contribution is 5.44. The second-order valence-electron chi connectivity index (χ2n) is 5.72. The number of halogens is 3. The lowest BCUT2D eigenvalue weighted by Crippen LogP contribution is -2.33. The van der Waals surface area contributed by atoms with Crippen molar-refractivity contribution in [3.63, 3.8) is 0 Å². The fourth-order valence-electron chi connectivity index (χ4n) is 2.87. The van der Waals surface area contributed by atoms with Gasteiger partial charge in [-0.1, -0.05) is 6.07 Å². The lowest BCUT2D eigenvalue weighted by molar-refractivity contribution is -0.139. The second kappa shape index (κ2) is 5.28. The SMILES string of the molecule is COc1cccc(C(F)(F)F)c1[C@H]1CCOC(C)(C)C1. The molecule has 0 radical (unpaired) electrons. The van der Waals surface area contributed by atoms with Gasteiger partial charge in [0.05, 0.1) is 18.3 Å². The number of hydrogen-bond donors (Lipinski definition) is 0. The van der Waals surface area contributed by atoms with Crippen molar-refractivity contribution in [1.82, 2.24) is 0 Å². The Labute approximate surface area is 116 Å². The van der Waals surface area contributed by atoms with E-state index in [1.54, 1.807) is 6.07 Å². The monoisotopic (exact) mass is 288 g/mol. The molecule has 0 amide bonds. The molecule has 1 fully saturated rings. The molecule has 112 valence electrons. The molecule has 0 saturated carbocycles. The maximum absolute atomic E-state index is 13.2. The minimum absolute atomic E-state index is 0.202. The van der Waals surface area contributed by atoms with Gasteiger partial charge in [-0.05, 0) is 44.7 Å². The van der Waals surface area contributed by atoms with Gasteiger partial charge in [0.25, 0.3) is 0 Å². The van der Waals surface area contributed by atoms with Crippen LogP contribution in [-0.4, -0.2) is 19.3 Å². The van der Waals surface area contributed by atoms with Gasteiger partial charge in [0.15, 0.2) is 0 Å². The largest absolute Gasteiger partial charge is 0.496 e. The molecule has 0 aromatic heterocycles. The zero-order valence-corrected chi connectivity index (χ0v) is 11.9. The van der Waals surface area contributed by atoms with Crippen LogP contribution in [0, 0.1) is 0 Å². The van der Waals surface area contributed by atoms with E-state index in [1.165, 1.54) is 13.2 Å². The number of rotatable bonds is 2. The van der Waals surface area contributed by atoms with Gasteiger partial charge in [0, 0.05) is 12.2 Å². The minimum atomic E-state index is -4.37. The Balaban J connectivity index is 2.48. The van der Waals surface area contributed by atoms with E-state index < -0.39 is 17.3 Å². The molecule has 0 N–H and O–H groups in total. The van der Waals surface area contributed by atoms with Crippen LogP contribution in [0.15, 0.2) is 18.2 Å². The third-order valence-corrected chi connectivity index (χ3v) is 3.70. The molecule has 2 nitrogen and oxygen atoms in total. The molecule has 0 aliphatic carbocycles. The fourth-order valence-corrected chi connectivity index (χ4v) is 2.87. The van der Waals surface area contributed by atoms with Crippen molar-refractivity contribution in [1.29, 1.82) is 0 Å². The summed E-state index contributed by atoms with van der Waals surface area (Å²) in [6.07, 6.45) is -3.24. The predicted molar refractivity (Wildman–Crippen MR) is 70.0 cm³/mol. The van der Waals surface area contributed by atoms with Gasteiger partial charge < -0.3 is 9.47 Å². The Morgan fingerprint density at radius 3 is 2.55 bits per heavy atom. The predicted octanol–water partition coefficient (Wildman–Crippen LogP) is 4.39. The summed E-state index contributed by atoms with van der Waals surface area (Å²) in [6, 6.07) is 4.10. The van der Waals surface area contributed by atoms with Crippen molar-refractivity contribution in [2.24, 2.45) is 0 Å². The quantitative estimate of drug-likeness (QED) is 0.803. The third-order valence-electron chi connectivity index (χ3n) is 3.70. The van der Waals surface area contributed by atoms with E-state index in [1.807, 2.05) is 13.8 Å². The maximum atomic E-state index is 13.2. The van der Waals surface area contributed by atoms with E-state index in [2.05, 4.69) is 0 Å². The first-order chi connectivity index (χ1) is 9.24. The van der Waals surface area contributed by atoms with Crippen molar-refractivity contribution >= 4 is 0 Å². The summed E-state index contributed by atoms with van der Waals surface area (Å²) >= 11 is 0. The molecular weight excluding hydrogens is 269 g/mol. The molecule has 5 heteroatoms. The van der Waals surface area contributed by atoms with Crippen LogP contribution in [0.2, 0.25) is 0 Å². The van der Waals surface area contributed by atoms with E-state index in [4.69, 9.17) is 9.47 Å². The van der Waals surface area contributed by atoms with Crippen LogP contribution < -0.4 is 4.74 Å². The molecule has 1 heterocycles. The Kier molecular flexibility index (Phi) is 4.00. The van der Waals surface area contributed by atoms with Gasteiger partial charge in [0.2, 0.25) is 0 Å². The molecule has 1 saturated heterocycles. The van der Waals surface area contributed by atoms with E-state index in [0.29, 0.717) is 25.2 Å². The third kappa shape index (κ3) is 3.08. The molecule has 0 bridgehead atoms. The highest BCUT2D eigenvalue weighted by Gasteiger charge is 2.39. The molecule has 0 spiro atoms. The van der Waals surface area contributed by atoms with Crippen molar-refractivity contribution in [3.05, 3.63) is 29.3 Å². The normalized spacial score (nSPS) is 22.6. The van der Waals surface area contributed by atoms with E-state index in [9.17, 15) is 13.2 Å². The molecule has 1 aliphatic heterocycles. The van der Waals surface area contributed by atoms with Gasteiger partial charge in [-0.15, -0.1) is 0 Å². The van der Waals surface area contributed by atoms with Crippen molar-refractivity contribution in [3.8, 4) is 5.75 Å². The standard InChI is InChI=1S/C15H19F3O2/c1-14(2)9-10(7-8-20-14)13-11(15(16,17)18)5-4-6-12(13)19-3/h4-6,10H,7-9H2,1-3H3/t10-/m0/s1. The number of benzene rings is 1. The fraction of sp³-hybridized carbons (Fsp3) is 0.600. The topological polar surface area (TPSA) is 18.5 Å². The zero-order valence-electron chi connectivity index (χ0n) is 11.9. The van der Waals surface area contributed by atoms with Crippen LogP contribution >= 0.6 is 0 Å². The Morgan fingerprint density at radius 2 is 2.00 bits per heavy atom. The molecule has 1 aromatic carbocycles. The molecule has 20 heavy (non-hydrogen) atoms. The number of alkyl halides is 3. The van der Waals surface area contributed by atoms with Gasteiger partial charge in [-0.25, -0.2) is 0 Å². The highest BCUT2D eigenvalue weighted by atomic mass is 19.4. The van der Waals surface area contributed by atoms with Gasteiger partial charge in [0.1, 0.15) is 5.75 Å². The molecule has 1 aliphatic rings.